The number of aliphatic hydroxyl groups is 1. The molecule has 1 heterocycles. The van der Waals surface area contributed by atoms with Crippen LogP contribution in [-0.2, 0) is 6.18 Å². The van der Waals surface area contributed by atoms with Crippen molar-refractivity contribution >= 4 is 11.3 Å². The quantitative estimate of drug-likeness (QED) is 0.783. The van der Waals surface area contributed by atoms with Crippen LogP contribution in [0.1, 0.15) is 17.2 Å². The fourth-order valence-electron chi connectivity index (χ4n) is 0.923. The van der Waals surface area contributed by atoms with E-state index in [4.69, 9.17) is 10.8 Å². The van der Waals surface area contributed by atoms with Gasteiger partial charge in [-0.25, -0.2) is 0 Å². The van der Waals surface area contributed by atoms with Crippen LogP contribution in [0.4, 0.5) is 13.2 Å². The van der Waals surface area contributed by atoms with Crippen molar-refractivity contribution in [2.45, 2.75) is 12.2 Å². The largest absolute Gasteiger partial charge is 0.417 e. The predicted octanol–water partition coefficient (Wildman–Crippen LogP) is 1.76. The molecule has 0 aliphatic carbocycles. The standard InChI is InChI=1S/C7H8F3NOS/c8-7(9,10)5-3-13-2-4(5)6(11)1-12/h2-3,6,12H,1,11H2. The fraction of sp³-hybridized carbons (Fsp3) is 0.429. The number of alkyl halides is 3. The molecular weight excluding hydrogens is 203 g/mol. The zero-order chi connectivity index (χ0) is 10.1. The van der Waals surface area contributed by atoms with Crippen molar-refractivity contribution in [2.75, 3.05) is 6.61 Å². The van der Waals surface area contributed by atoms with E-state index in [0.29, 0.717) is 0 Å². The minimum absolute atomic E-state index is 0.0417. The Morgan fingerprint density at radius 1 is 1.46 bits per heavy atom. The Morgan fingerprint density at radius 2 is 2.08 bits per heavy atom. The minimum Gasteiger partial charge on any atom is -0.394 e. The van der Waals surface area contributed by atoms with Crippen LogP contribution < -0.4 is 5.73 Å². The molecule has 1 unspecified atom stereocenters. The maximum atomic E-state index is 12.2. The third-order valence-corrected chi connectivity index (χ3v) is 2.36. The topological polar surface area (TPSA) is 46.2 Å². The summed E-state index contributed by atoms with van der Waals surface area (Å²) in [6.45, 7) is -0.486. The van der Waals surface area contributed by atoms with Gasteiger partial charge in [-0.15, -0.1) is 0 Å². The maximum absolute atomic E-state index is 12.2. The van der Waals surface area contributed by atoms with E-state index in [1.165, 1.54) is 5.38 Å². The molecule has 1 aromatic heterocycles. The van der Waals surface area contributed by atoms with Crippen LogP contribution in [0, 0.1) is 0 Å². The number of thiophene rings is 1. The van der Waals surface area contributed by atoms with Crippen molar-refractivity contribution in [1.29, 1.82) is 0 Å². The molecule has 0 spiro atoms. The summed E-state index contributed by atoms with van der Waals surface area (Å²) >= 11 is 0.926. The van der Waals surface area contributed by atoms with Crippen LogP contribution in [0.5, 0.6) is 0 Å². The van der Waals surface area contributed by atoms with E-state index >= 15 is 0 Å². The first-order valence-electron chi connectivity index (χ1n) is 3.46. The van der Waals surface area contributed by atoms with Gasteiger partial charge in [-0.05, 0) is 10.9 Å². The molecule has 0 aliphatic heterocycles. The van der Waals surface area contributed by atoms with Crippen molar-refractivity contribution < 1.29 is 18.3 Å². The van der Waals surface area contributed by atoms with E-state index in [9.17, 15) is 13.2 Å². The van der Waals surface area contributed by atoms with Gasteiger partial charge in [0.2, 0.25) is 0 Å². The Kier molecular flexibility index (Phi) is 2.94. The summed E-state index contributed by atoms with van der Waals surface area (Å²) < 4.78 is 36.7. The number of aliphatic hydroxyl groups excluding tert-OH is 1. The molecule has 0 bridgehead atoms. The van der Waals surface area contributed by atoms with E-state index in [-0.39, 0.29) is 5.56 Å². The second-order valence-corrected chi connectivity index (χ2v) is 3.27. The van der Waals surface area contributed by atoms with Gasteiger partial charge < -0.3 is 10.8 Å². The minimum atomic E-state index is -4.39. The average molecular weight is 211 g/mol. The Bertz CT molecular complexity index is 284. The lowest BCUT2D eigenvalue weighted by Gasteiger charge is -2.11. The van der Waals surface area contributed by atoms with E-state index in [2.05, 4.69) is 0 Å². The van der Waals surface area contributed by atoms with Crippen molar-refractivity contribution in [3.8, 4) is 0 Å². The van der Waals surface area contributed by atoms with Gasteiger partial charge in [-0.1, -0.05) is 0 Å². The summed E-state index contributed by atoms with van der Waals surface area (Å²) in [5.74, 6) is 0. The lowest BCUT2D eigenvalue weighted by Crippen LogP contribution is -2.18. The average Bonchev–Trinajstić information content (AvgIpc) is 2.49. The highest BCUT2D eigenvalue weighted by Crippen LogP contribution is 2.36. The van der Waals surface area contributed by atoms with Gasteiger partial charge >= 0.3 is 6.18 Å². The Hall–Kier alpha value is -0.590. The lowest BCUT2D eigenvalue weighted by atomic mass is 10.1. The second kappa shape index (κ2) is 3.65. The van der Waals surface area contributed by atoms with Crippen molar-refractivity contribution in [3.63, 3.8) is 0 Å². The molecule has 0 aromatic carbocycles. The Morgan fingerprint density at radius 3 is 2.54 bits per heavy atom. The molecule has 13 heavy (non-hydrogen) atoms. The van der Waals surface area contributed by atoms with Gasteiger partial charge in [0.15, 0.2) is 0 Å². The summed E-state index contributed by atoms with van der Waals surface area (Å²) in [6, 6.07) is -0.956. The van der Waals surface area contributed by atoms with Gasteiger partial charge in [0, 0.05) is 5.38 Å². The summed E-state index contributed by atoms with van der Waals surface area (Å²) in [5.41, 5.74) is 4.50. The first kappa shape index (κ1) is 10.5. The zero-order valence-corrected chi connectivity index (χ0v) is 7.32. The molecule has 6 heteroatoms. The molecule has 0 saturated heterocycles. The highest BCUT2D eigenvalue weighted by Gasteiger charge is 2.35. The third-order valence-electron chi connectivity index (χ3n) is 1.59. The number of hydrogen-bond acceptors (Lipinski definition) is 3. The smallest absolute Gasteiger partial charge is 0.394 e. The zero-order valence-electron chi connectivity index (χ0n) is 6.51. The van der Waals surface area contributed by atoms with Gasteiger partial charge in [-0.2, -0.15) is 24.5 Å². The molecule has 2 nitrogen and oxygen atoms in total. The monoisotopic (exact) mass is 211 g/mol. The molecule has 1 aromatic rings. The summed E-state index contributed by atoms with van der Waals surface area (Å²) in [5, 5.41) is 10.9. The van der Waals surface area contributed by atoms with E-state index in [1.54, 1.807) is 0 Å². The third kappa shape index (κ3) is 2.20. The SMILES string of the molecule is NC(CO)c1cscc1C(F)(F)F. The van der Waals surface area contributed by atoms with Crippen LogP contribution in [-0.4, -0.2) is 11.7 Å². The van der Waals surface area contributed by atoms with E-state index < -0.39 is 24.4 Å². The molecule has 3 N–H and O–H groups in total. The molecule has 0 fully saturated rings. The molecule has 1 atom stereocenters. The van der Waals surface area contributed by atoms with E-state index in [1.807, 2.05) is 0 Å². The van der Waals surface area contributed by atoms with Gasteiger partial charge in [-0.3, -0.25) is 0 Å². The van der Waals surface area contributed by atoms with Crippen LogP contribution >= 0.6 is 11.3 Å². The maximum Gasteiger partial charge on any atom is 0.417 e. The van der Waals surface area contributed by atoms with E-state index in [0.717, 1.165) is 16.7 Å². The van der Waals surface area contributed by atoms with Gasteiger partial charge in [0.25, 0.3) is 0 Å². The Balaban J connectivity index is 3.03. The van der Waals surface area contributed by atoms with Crippen LogP contribution in [0.25, 0.3) is 0 Å². The van der Waals surface area contributed by atoms with Crippen molar-refractivity contribution in [1.82, 2.24) is 0 Å². The Labute approximate surface area is 76.8 Å². The molecule has 0 saturated carbocycles. The number of rotatable bonds is 2. The van der Waals surface area contributed by atoms with Gasteiger partial charge in [0.05, 0.1) is 18.2 Å². The molecule has 74 valence electrons. The fourth-order valence-corrected chi connectivity index (χ4v) is 1.85. The molecule has 0 radical (unpaired) electrons. The lowest BCUT2D eigenvalue weighted by molar-refractivity contribution is -0.138. The number of halogens is 3. The molecule has 0 aliphatic rings. The second-order valence-electron chi connectivity index (χ2n) is 2.53. The van der Waals surface area contributed by atoms with Crippen LogP contribution in [0.2, 0.25) is 0 Å². The molecule has 1 rings (SSSR count). The highest BCUT2D eigenvalue weighted by molar-refractivity contribution is 7.08. The van der Waals surface area contributed by atoms with Crippen LogP contribution in [0.3, 0.4) is 0 Å². The van der Waals surface area contributed by atoms with Crippen molar-refractivity contribution in [2.24, 2.45) is 5.73 Å². The summed E-state index contributed by atoms with van der Waals surface area (Å²) in [6.07, 6.45) is -4.39. The van der Waals surface area contributed by atoms with Crippen molar-refractivity contribution in [3.05, 3.63) is 21.9 Å². The summed E-state index contributed by atoms with van der Waals surface area (Å²) in [7, 11) is 0. The normalized spacial score (nSPS) is 14.5. The summed E-state index contributed by atoms with van der Waals surface area (Å²) in [4.78, 5) is 0. The van der Waals surface area contributed by atoms with Crippen LogP contribution in [0.15, 0.2) is 10.8 Å². The molecule has 0 amide bonds. The number of hydrogen-bond donors (Lipinski definition) is 2. The first-order valence-corrected chi connectivity index (χ1v) is 4.40. The predicted molar refractivity (Wildman–Crippen MR) is 43.3 cm³/mol. The first-order chi connectivity index (χ1) is 5.96. The highest BCUT2D eigenvalue weighted by atomic mass is 32.1. The molecular formula is C7H8F3NOS. The van der Waals surface area contributed by atoms with Gasteiger partial charge in [0.1, 0.15) is 0 Å². The number of nitrogens with two attached hydrogens (primary N) is 1.